The fraction of sp³-hybridized carbons (Fsp3) is 0. The van der Waals surface area contributed by atoms with Crippen molar-refractivity contribution in [2.45, 2.75) is 0 Å². The number of benzene rings is 7. The van der Waals surface area contributed by atoms with E-state index >= 15 is 0 Å². The summed E-state index contributed by atoms with van der Waals surface area (Å²) >= 11 is 0. The molecule has 50 heavy (non-hydrogen) atoms. The molecule has 0 fully saturated rings. The van der Waals surface area contributed by atoms with E-state index in [1.54, 1.807) is 0 Å². The molecular formula is C45H27N3O2. The first-order chi connectivity index (χ1) is 27.3. The largest absolute Gasteiger partial charge is 0.456 e. The van der Waals surface area contributed by atoms with E-state index in [1.807, 2.05) is 127 Å². The van der Waals surface area contributed by atoms with Gasteiger partial charge in [-0.15, -0.1) is 0 Å². The second-order valence-corrected chi connectivity index (χ2v) is 11.9. The molecule has 0 radical (unpaired) electrons. The van der Waals surface area contributed by atoms with Gasteiger partial charge in [-0.25, -0.2) is 15.0 Å². The van der Waals surface area contributed by atoms with Crippen LogP contribution in [0.4, 0.5) is 0 Å². The Kier molecular flexibility index (Phi) is 5.17. The second kappa shape index (κ2) is 11.4. The summed E-state index contributed by atoms with van der Waals surface area (Å²) in [4.78, 5) is 14.4. The molecule has 3 heterocycles. The normalized spacial score (nSPS) is 13.3. The van der Waals surface area contributed by atoms with E-state index in [2.05, 4.69) is 0 Å². The van der Waals surface area contributed by atoms with Crippen LogP contribution in [0.25, 0.3) is 100 Å². The van der Waals surface area contributed by atoms with Crippen molar-refractivity contribution in [3.8, 4) is 56.4 Å². The number of rotatable bonds is 5. The molecule has 0 amide bonds. The lowest BCUT2D eigenvalue weighted by molar-refractivity contribution is 0.668. The number of fused-ring (bicyclic) bond motifs is 6. The zero-order valence-electron chi connectivity index (χ0n) is 32.3. The predicted molar refractivity (Wildman–Crippen MR) is 202 cm³/mol. The van der Waals surface area contributed by atoms with E-state index in [0.29, 0.717) is 33.9 Å². The van der Waals surface area contributed by atoms with Gasteiger partial charge in [0, 0.05) is 38.2 Å². The summed E-state index contributed by atoms with van der Waals surface area (Å²) in [6, 6.07) is 38.2. The lowest BCUT2D eigenvalue weighted by atomic mass is 9.96. The van der Waals surface area contributed by atoms with Crippen LogP contribution in [0.1, 0.15) is 8.22 Å². The van der Waals surface area contributed by atoms with Crippen molar-refractivity contribution in [2.75, 3.05) is 0 Å². The number of hydrogen-bond acceptors (Lipinski definition) is 5. The second-order valence-electron chi connectivity index (χ2n) is 11.9. The van der Waals surface area contributed by atoms with Gasteiger partial charge < -0.3 is 8.83 Å². The summed E-state index contributed by atoms with van der Waals surface area (Å²) in [6.07, 6.45) is 0. The first-order valence-corrected chi connectivity index (χ1v) is 16.1. The van der Waals surface area contributed by atoms with Crippen molar-refractivity contribution in [1.82, 2.24) is 15.0 Å². The van der Waals surface area contributed by atoms with Crippen molar-refractivity contribution in [2.24, 2.45) is 0 Å². The van der Waals surface area contributed by atoms with Crippen LogP contribution >= 0.6 is 0 Å². The Morgan fingerprint density at radius 1 is 0.400 bits per heavy atom. The maximum Gasteiger partial charge on any atom is 0.164 e. The van der Waals surface area contributed by atoms with E-state index < -0.39 is 0 Å². The van der Waals surface area contributed by atoms with Gasteiger partial charge in [0.2, 0.25) is 0 Å². The number of aromatic nitrogens is 3. The van der Waals surface area contributed by atoms with Crippen molar-refractivity contribution >= 4 is 43.9 Å². The van der Waals surface area contributed by atoms with Crippen LogP contribution in [0.2, 0.25) is 0 Å². The molecule has 7 aromatic carbocycles. The number of hydrogen-bond donors (Lipinski definition) is 0. The van der Waals surface area contributed by atoms with Gasteiger partial charge in [0.1, 0.15) is 22.3 Å². The SMILES string of the molecule is [2H]c1c([2H])c(-c2cccc(-c3ccccc3)c2)c2c(oc3c([2H])c(-c4nc(-c5ccccc5)nc(-c5ccc6oc7ccccc7c6c5)n4)c([2H])c([2H])c32)c1[2H]. The summed E-state index contributed by atoms with van der Waals surface area (Å²) < 4.78 is 67.2. The van der Waals surface area contributed by atoms with Crippen molar-refractivity contribution < 1.29 is 17.1 Å². The van der Waals surface area contributed by atoms with Crippen LogP contribution in [0.15, 0.2) is 172 Å². The van der Waals surface area contributed by atoms with Crippen molar-refractivity contribution in [1.29, 1.82) is 0 Å². The van der Waals surface area contributed by atoms with Crippen molar-refractivity contribution in [3.63, 3.8) is 0 Å². The van der Waals surface area contributed by atoms with Crippen LogP contribution < -0.4 is 0 Å². The summed E-state index contributed by atoms with van der Waals surface area (Å²) in [7, 11) is 0. The topological polar surface area (TPSA) is 65.0 Å². The lowest BCUT2D eigenvalue weighted by Gasteiger charge is -2.09. The Bertz CT molecular complexity index is 3220. The highest BCUT2D eigenvalue weighted by atomic mass is 16.3. The average molecular weight is 648 g/mol. The zero-order valence-corrected chi connectivity index (χ0v) is 26.3. The molecule has 0 spiro atoms. The first kappa shape index (κ1) is 22.7. The van der Waals surface area contributed by atoms with Gasteiger partial charge in [-0.1, -0.05) is 115 Å². The Morgan fingerprint density at radius 3 is 1.90 bits per heavy atom. The molecule has 5 nitrogen and oxygen atoms in total. The maximum absolute atomic E-state index is 9.51. The van der Waals surface area contributed by atoms with Crippen LogP contribution in [0.3, 0.4) is 0 Å². The third-order valence-corrected chi connectivity index (χ3v) is 8.86. The van der Waals surface area contributed by atoms with Gasteiger partial charge in [0.25, 0.3) is 0 Å². The fourth-order valence-corrected chi connectivity index (χ4v) is 6.46. The molecule has 0 aliphatic heterocycles. The number of para-hydroxylation sites is 1. The Hall–Kier alpha value is -6.85. The molecule has 10 aromatic rings. The van der Waals surface area contributed by atoms with Crippen LogP contribution in [-0.4, -0.2) is 15.0 Å². The summed E-state index contributed by atoms with van der Waals surface area (Å²) in [5, 5.41) is 2.15. The molecule has 0 aliphatic rings. The molecule has 0 saturated heterocycles. The highest BCUT2D eigenvalue weighted by molar-refractivity contribution is 6.13. The first-order valence-electron chi connectivity index (χ1n) is 19.1. The molecule has 234 valence electrons. The molecule has 10 rings (SSSR count). The Labute approximate surface area is 295 Å². The average Bonchev–Trinajstić information content (AvgIpc) is 3.82. The minimum atomic E-state index is -0.349. The molecule has 0 atom stereocenters. The molecule has 0 N–H and O–H groups in total. The van der Waals surface area contributed by atoms with E-state index in [9.17, 15) is 4.11 Å². The van der Waals surface area contributed by atoms with E-state index in [4.69, 9.17) is 27.9 Å². The number of furan rings is 2. The Balaban J connectivity index is 1.22. The third kappa shape index (κ3) is 4.75. The molecule has 5 heteroatoms. The summed E-state index contributed by atoms with van der Waals surface area (Å²) in [5.41, 5.74) is 5.34. The summed E-state index contributed by atoms with van der Waals surface area (Å²) in [6.45, 7) is 0. The molecule has 0 aliphatic carbocycles. The van der Waals surface area contributed by atoms with Gasteiger partial charge >= 0.3 is 0 Å². The monoisotopic (exact) mass is 647 g/mol. The van der Waals surface area contributed by atoms with Gasteiger partial charge in [-0.3, -0.25) is 0 Å². The zero-order chi connectivity index (χ0) is 38.2. The smallest absolute Gasteiger partial charge is 0.164 e. The highest BCUT2D eigenvalue weighted by Gasteiger charge is 2.18. The van der Waals surface area contributed by atoms with Gasteiger partial charge in [-0.05, 0) is 70.7 Å². The van der Waals surface area contributed by atoms with E-state index in [0.717, 1.165) is 27.5 Å². The Morgan fingerprint density at radius 2 is 1.06 bits per heavy atom. The van der Waals surface area contributed by atoms with Gasteiger partial charge in [0.15, 0.2) is 17.5 Å². The highest BCUT2D eigenvalue weighted by Crippen LogP contribution is 2.39. The standard InChI is InChI=1S/C45H27N3O2/c1-3-11-28(12-4-1)30-15-9-16-31(25-30)34-18-10-20-40-42(34)36-23-21-33(27-41(36)50-40)45-47-43(29-13-5-2-6-14-29)46-44(48-45)32-22-24-39-37(26-32)35-17-7-8-19-38(35)49-39/h1-27H/i10D,18D,20D,21D,23D,27D. The van der Waals surface area contributed by atoms with Gasteiger partial charge in [-0.2, -0.15) is 0 Å². The van der Waals surface area contributed by atoms with Crippen LogP contribution in [0.5, 0.6) is 0 Å². The number of nitrogens with zero attached hydrogens (tertiary/aromatic N) is 3. The molecule has 0 bridgehead atoms. The minimum absolute atomic E-state index is 0.00102. The minimum Gasteiger partial charge on any atom is -0.456 e. The fourth-order valence-electron chi connectivity index (χ4n) is 6.46. The summed E-state index contributed by atoms with van der Waals surface area (Å²) in [5.74, 6) is 0.605. The maximum atomic E-state index is 9.51. The van der Waals surface area contributed by atoms with Crippen LogP contribution in [0, 0.1) is 0 Å². The molecular weight excluding hydrogens is 615 g/mol. The quantitative estimate of drug-likeness (QED) is 0.186. The van der Waals surface area contributed by atoms with Crippen LogP contribution in [-0.2, 0) is 0 Å². The van der Waals surface area contributed by atoms with Gasteiger partial charge in [0.05, 0.1) is 8.22 Å². The van der Waals surface area contributed by atoms with Crippen molar-refractivity contribution in [3.05, 3.63) is 164 Å². The molecule has 0 unspecified atom stereocenters. The van der Waals surface area contributed by atoms with E-state index in [1.165, 1.54) is 0 Å². The van der Waals surface area contributed by atoms with E-state index in [-0.39, 0.29) is 75.1 Å². The lowest BCUT2D eigenvalue weighted by Crippen LogP contribution is -2.00. The molecule has 3 aromatic heterocycles. The third-order valence-electron chi connectivity index (χ3n) is 8.86. The predicted octanol–water partition coefficient (Wildman–Crippen LogP) is 12.0. The molecule has 0 saturated carbocycles.